The highest BCUT2D eigenvalue weighted by Crippen LogP contribution is 2.26. The van der Waals surface area contributed by atoms with Crippen LogP contribution < -0.4 is 10.2 Å². The lowest BCUT2D eigenvalue weighted by Crippen LogP contribution is -2.40. The minimum absolute atomic E-state index is 0.0121. The number of nitrogens with zero attached hydrogens (tertiary/aromatic N) is 2. The molecule has 0 aliphatic carbocycles. The molecule has 0 radical (unpaired) electrons. The van der Waals surface area contributed by atoms with E-state index >= 15 is 0 Å². The number of anilines is 1. The van der Waals surface area contributed by atoms with E-state index in [0.29, 0.717) is 19.5 Å². The Kier molecular flexibility index (Phi) is 4.19. The first-order chi connectivity index (χ1) is 8.81. The van der Waals surface area contributed by atoms with Gasteiger partial charge in [0.05, 0.1) is 19.0 Å². The van der Waals surface area contributed by atoms with Gasteiger partial charge in [-0.1, -0.05) is 18.2 Å². The van der Waals surface area contributed by atoms with E-state index in [1.807, 2.05) is 18.2 Å². The van der Waals surface area contributed by atoms with Crippen LogP contribution in [0, 0.1) is 11.3 Å². The topological polar surface area (TPSA) is 56.1 Å². The predicted molar refractivity (Wildman–Crippen MR) is 70.2 cm³/mol. The van der Waals surface area contributed by atoms with Crippen molar-refractivity contribution < 1.29 is 4.79 Å². The Balaban J connectivity index is 1.95. The van der Waals surface area contributed by atoms with Gasteiger partial charge in [0.2, 0.25) is 5.91 Å². The van der Waals surface area contributed by atoms with Crippen LogP contribution in [0.2, 0.25) is 0 Å². The number of rotatable bonds is 4. The lowest BCUT2D eigenvalue weighted by molar-refractivity contribution is -0.119. The molecule has 0 spiro atoms. The van der Waals surface area contributed by atoms with Crippen LogP contribution in [0.15, 0.2) is 24.3 Å². The normalized spacial score (nSPS) is 13.6. The molecule has 0 aromatic heterocycles. The molecule has 1 amide bonds. The molecule has 0 saturated carbocycles. The highest BCUT2D eigenvalue weighted by molar-refractivity contribution is 5.81. The number of fused-ring (bicyclic) bond motifs is 1. The second kappa shape index (κ2) is 6.06. The summed E-state index contributed by atoms with van der Waals surface area (Å²) in [7, 11) is 0. The molecule has 1 aliphatic heterocycles. The first-order valence-electron chi connectivity index (χ1n) is 6.28. The summed E-state index contributed by atoms with van der Waals surface area (Å²) in [6.07, 6.45) is 2.54. The fraction of sp³-hybridized carbons (Fsp3) is 0.429. The fourth-order valence-corrected chi connectivity index (χ4v) is 2.26. The second-order valence-corrected chi connectivity index (χ2v) is 4.41. The number of hydrogen-bond donors (Lipinski definition) is 1. The van der Waals surface area contributed by atoms with E-state index in [4.69, 9.17) is 5.26 Å². The van der Waals surface area contributed by atoms with Crippen LogP contribution >= 0.6 is 0 Å². The largest absolute Gasteiger partial charge is 0.362 e. The van der Waals surface area contributed by atoms with Crippen molar-refractivity contribution in [2.45, 2.75) is 19.3 Å². The summed E-state index contributed by atoms with van der Waals surface area (Å²) in [5.41, 5.74) is 2.48. The maximum atomic E-state index is 11.7. The molecular formula is C14H17N3O. The van der Waals surface area contributed by atoms with Crippen LogP contribution in [-0.4, -0.2) is 25.5 Å². The summed E-state index contributed by atoms with van der Waals surface area (Å²) >= 11 is 0. The molecule has 0 saturated heterocycles. The molecule has 1 N–H and O–H groups in total. The summed E-state index contributed by atoms with van der Waals surface area (Å²) < 4.78 is 0. The van der Waals surface area contributed by atoms with Gasteiger partial charge in [-0.2, -0.15) is 5.26 Å². The van der Waals surface area contributed by atoms with Crippen molar-refractivity contribution in [1.29, 1.82) is 5.26 Å². The number of nitrogens with one attached hydrogen (secondary N) is 1. The van der Waals surface area contributed by atoms with Gasteiger partial charge in [0.25, 0.3) is 0 Å². The quantitative estimate of drug-likeness (QED) is 0.815. The Bertz CT molecular complexity index is 464. The molecule has 4 nitrogen and oxygen atoms in total. The number of para-hydroxylation sites is 1. The molecule has 1 aromatic carbocycles. The third kappa shape index (κ3) is 3.01. The van der Waals surface area contributed by atoms with E-state index < -0.39 is 0 Å². The molecule has 0 unspecified atom stereocenters. The van der Waals surface area contributed by atoms with Crippen LogP contribution in [0.5, 0.6) is 0 Å². The Hall–Kier alpha value is -2.02. The van der Waals surface area contributed by atoms with Crippen molar-refractivity contribution in [2.24, 2.45) is 0 Å². The first kappa shape index (κ1) is 12.4. The summed E-state index contributed by atoms with van der Waals surface area (Å²) in [5.74, 6) is -0.0121. The summed E-state index contributed by atoms with van der Waals surface area (Å²) in [4.78, 5) is 13.8. The van der Waals surface area contributed by atoms with E-state index in [2.05, 4.69) is 22.3 Å². The zero-order valence-electron chi connectivity index (χ0n) is 10.4. The smallest absolute Gasteiger partial charge is 0.239 e. The van der Waals surface area contributed by atoms with E-state index in [-0.39, 0.29) is 5.91 Å². The van der Waals surface area contributed by atoms with E-state index in [9.17, 15) is 4.79 Å². The first-order valence-corrected chi connectivity index (χ1v) is 6.28. The molecule has 18 heavy (non-hydrogen) atoms. The monoisotopic (exact) mass is 243 g/mol. The number of amides is 1. The van der Waals surface area contributed by atoms with Crippen molar-refractivity contribution in [3.8, 4) is 6.07 Å². The van der Waals surface area contributed by atoms with Crippen LogP contribution in [0.4, 0.5) is 5.69 Å². The molecule has 0 bridgehead atoms. The van der Waals surface area contributed by atoms with Gasteiger partial charge in [-0.05, 0) is 24.5 Å². The Labute approximate surface area is 107 Å². The summed E-state index contributed by atoms with van der Waals surface area (Å²) in [5, 5.41) is 11.2. The zero-order chi connectivity index (χ0) is 12.8. The lowest BCUT2D eigenvalue weighted by Gasteiger charge is -2.30. The minimum atomic E-state index is -0.0121. The molecule has 1 heterocycles. The number of nitriles is 1. The zero-order valence-corrected chi connectivity index (χ0v) is 10.4. The number of aryl methyl sites for hydroxylation is 1. The predicted octanol–water partition coefficient (Wildman–Crippen LogP) is 1.47. The number of benzene rings is 1. The van der Waals surface area contributed by atoms with Crippen molar-refractivity contribution in [3.63, 3.8) is 0 Å². The average Bonchev–Trinajstić information content (AvgIpc) is 2.39. The van der Waals surface area contributed by atoms with Crippen LogP contribution in [0.25, 0.3) is 0 Å². The number of carbonyl (C=O) groups is 1. The van der Waals surface area contributed by atoms with Crippen molar-refractivity contribution >= 4 is 11.6 Å². The van der Waals surface area contributed by atoms with Gasteiger partial charge >= 0.3 is 0 Å². The molecule has 4 heteroatoms. The maximum absolute atomic E-state index is 11.7. The maximum Gasteiger partial charge on any atom is 0.239 e. The third-order valence-corrected chi connectivity index (χ3v) is 3.10. The van der Waals surface area contributed by atoms with Gasteiger partial charge in [-0.3, -0.25) is 4.79 Å². The molecule has 2 rings (SSSR count). The third-order valence-electron chi connectivity index (χ3n) is 3.10. The minimum Gasteiger partial charge on any atom is -0.362 e. The highest BCUT2D eigenvalue weighted by Gasteiger charge is 2.18. The van der Waals surface area contributed by atoms with Gasteiger partial charge in [0, 0.05) is 18.8 Å². The Morgan fingerprint density at radius 1 is 1.44 bits per heavy atom. The SMILES string of the molecule is N#CCCNC(=O)CN1CCCc2ccccc21. The average molecular weight is 243 g/mol. The summed E-state index contributed by atoms with van der Waals surface area (Å²) in [6.45, 7) is 1.73. The molecule has 94 valence electrons. The van der Waals surface area contributed by atoms with Crippen molar-refractivity contribution in [3.05, 3.63) is 29.8 Å². The van der Waals surface area contributed by atoms with Gasteiger partial charge in [-0.25, -0.2) is 0 Å². The van der Waals surface area contributed by atoms with Crippen LogP contribution in [-0.2, 0) is 11.2 Å². The number of hydrogen-bond acceptors (Lipinski definition) is 3. The fourth-order valence-electron chi connectivity index (χ4n) is 2.26. The molecular weight excluding hydrogens is 226 g/mol. The van der Waals surface area contributed by atoms with Crippen LogP contribution in [0.3, 0.4) is 0 Å². The molecule has 0 fully saturated rings. The van der Waals surface area contributed by atoms with Gasteiger partial charge < -0.3 is 10.2 Å². The Morgan fingerprint density at radius 2 is 2.28 bits per heavy atom. The van der Waals surface area contributed by atoms with E-state index in [1.54, 1.807) is 0 Å². The summed E-state index contributed by atoms with van der Waals surface area (Å²) in [6, 6.07) is 10.2. The van der Waals surface area contributed by atoms with Crippen molar-refractivity contribution in [2.75, 3.05) is 24.5 Å². The van der Waals surface area contributed by atoms with Gasteiger partial charge in [0.1, 0.15) is 0 Å². The van der Waals surface area contributed by atoms with E-state index in [0.717, 1.165) is 19.4 Å². The molecule has 0 atom stereocenters. The second-order valence-electron chi connectivity index (χ2n) is 4.41. The Morgan fingerprint density at radius 3 is 3.11 bits per heavy atom. The highest BCUT2D eigenvalue weighted by atomic mass is 16.2. The lowest BCUT2D eigenvalue weighted by atomic mass is 10.0. The van der Waals surface area contributed by atoms with Gasteiger partial charge in [0.15, 0.2) is 0 Å². The molecule has 1 aromatic rings. The molecule has 1 aliphatic rings. The number of carbonyl (C=O) groups excluding carboxylic acids is 1. The standard InChI is InChI=1S/C14H17N3O/c15-8-4-9-16-14(18)11-17-10-3-6-12-5-1-2-7-13(12)17/h1-2,5,7H,3-4,6,9-11H2,(H,16,18). The van der Waals surface area contributed by atoms with Crippen molar-refractivity contribution in [1.82, 2.24) is 5.32 Å². The van der Waals surface area contributed by atoms with Crippen LogP contribution in [0.1, 0.15) is 18.4 Å². The van der Waals surface area contributed by atoms with E-state index in [1.165, 1.54) is 11.3 Å². The van der Waals surface area contributed by atoms with Gasteiger partial charge in [-0.15, -0.1) is 0 Å².